The SMILES string of the molecule is [C-]#[N+]C(COCOC)(Sc1ccccc1OC)c1ccc(-c2ccccc2)cc1. The van der Waals surface area contributed by atoms with Gasteiger partial charge in [0, 0.05) is 7.11 Å². The van der Waals surface area contributed by atoms with Crippen LogP contribution in [0.4, 0.5) is 0 Å². The molecule has 0 spiro atoms. The molecule has 0 N–H and O–H groups in total. The average Bonchev–Trinajstić information content (AvgIpc) is 2.79. The highest BCUT2D eigenvalue weighted by atomic mass is 32.2. The van der Waals surface area contributed by atoms with Crippen molar-refractivity contribution >= 4 is 11.8 Å². The Morgan fingerprint density at radius 2 is 1.52 bits per heavy atom. The predicted molar refractivity (Wildman–Crippen MR) is 117 cm³/mol. The standard InChI is InChI=1S/C24H23NO3S/c1-25-24(17-28-18-26-2,29-23-12-8-7-11-22(23)27-3)21-15-13-20(14-16-21)19-9-5-4-6-10-19/h4-16H,17-18H2,2-3H3. The van der Waals surface area contributed by atoms with E-state index in [0.717, 1.165) is 27.3 Å². The van der Waals surface area contributed by atoms with Crippen molar-refractivity contribution in [1.82, 2.24) is 0 Å². The fraction of sp³-hybridized carbons (Fsp3) is 0.208. The molecule has 5 heteroatoms. The van der Waals surface area contributed by atoms with Crippen LogP contribution < -0.4 is 4.74 Å². The van der Waals surface area contributed by atoms with Gasteiger partial charge in [0.2, 0.25) is 0 Å². The van der Waals surface area contributed by atoms with Crippen molar-refractivity contribution in [3.63, 3.8) is 0 Å². The fourth-order valence-electron chi connectivity index (χ4n) is 2.99. The molecule has 1 unspecified atom stereocenters. The summed E-state index contributed by atoms with van der Waals surface area (Å²) in [6.45, 7) is 8.34. The molecule has 0 aliphatic rings. The average molecular weight is 406 g/mol. The van der Waals surface area contributed by atoms with Gasteiger partial charge in [-0.3, -0.25) is 4.85 Å². The van der Waals surface area contributed by atoms with E-state index in [4.69, 9.17) is 20.8 Å². The summed E-state index contributed by atoms with van der Waals surface area (Å²) in [5.41, 5.74) is 3.12. The van der Waals surface area contributed by atoms with Gasteiger partial charge in [0.25, 0.3) is 0 Å². The minimum atomic E-state index is -0.956. The number of hydrogen-bond acceptors (Lipinski definition) is 4. The van der Waals surface area contributed by atoms with Gasteiger partial charge in [-0.25, -0.2) is 6.57 Å². The van der Waals surface area contributed by atoms with E-state index in [1.54, 1.807) is 14.2 Å². The van der Waals surface area contributed by atoms with E-state index < -0.39 is 4.87 Å². The van der Waals surface area contributed by atoms with E-state index in [9.17, 15) is 0 Å². The zero-order valence-corrected chi connectivity index (χ0v) is 17.3. The Bertz CT molecular complexity index is 954. The monoisotopic (exact) mass is 405 g/mol. The van der Waals surface area contributed by atoms with Crippen LogP contribution in [0.25, 0.3) is 16.0 Å². The van der Waals surface area contributed by atoms with E-state index in [1.165, 1.54) is 11.8 Å². The number of benzene rings is 3. The van der Waals surface area contributed by atoms with Crippen LogP contribution in [0.5, 0.6) is 5.75 Å². The number of thioether (sulfide) groups is 1. The Kier molecular flexibility index (Phi) is 7.31. The Morgan fingerprint density at radius 1 is 0.862 bits per heavy atom. The number of methoxy groups -OCH3 is 2. The van der Waals surface area contributed by atoms with Crippen LogP contribution in [0.1, 0.15) is 5.56 Å². The maximum Gasteiger partial charge on any atom is 0.330 e. The van der Waals surface area contributed by atoms with E-state index in [0.29, 0.717) is 0 Å². The Labute approximate surface area is 176 Å². The van der Waals surface area contributed by atoms with Crippen molar-refractivity contribution in [2.24, 2.45) is 0 Å². The minimum Gasteiger partial charge on any atom is -0.496 e. The molecular weight excluding hydrogens is 382 g/mol. The van der Waals surface area contributed by atoms with Crippen LogP contribution in [-0.4, -0.2) is 27.6 Å². The predicted octanol–water partition coefficient (Wildman–Crippen LogP) is 5.85. The van der Waals surface area contributed by atoms with Gasteiger partial charge in [-0.2, -0.15) is 0 Å². The largest absolute Gasteiger partial charge is 0.496 e. The number of nitrogens with zero attached hydrogens (tertiary/aromatic N) is 1. The number of ether oxygens (including phenoxy) is 3. The van der Waals surface area contributed by atoms with Crippen molar-refractivity contribution in [3.8, 4) is 16.9 Å². The van der Waals surface area contributed by atoms with Gasteiger partial charge in [0.15, 0.2) is 0 Å². The first-order valence-electron chi connectivity index (χ1n) is 9.16. The summed E-state index contributed by atoms with van der Waals surface area (Å²) in [7, 11) is 3.20. The van der Waals surface area contributed by atoms with Gasteiger partial charge in [-0.1, -0.05) is 54.6 Å². The topological polar surface area (TPSA) is 32.0 Å². The molecule has 3 rings (SSSR count). The molecule has 0 amide bonds. The normalized spacial score (nSPS) is 12.7. The Morgan fingerprint density at radius 3 is 2.17 bits per heavy atom. The Hall–Kier alpha value is -2.78. The van der Waals surface area contributed by atoms with Crippen LogP contribution in [0.15, 0.2) is 83.8 Å². The molecule has 0 aliphatic heterocycles. The summed E-state index contributed by atoms with van der Waals surface area (Å²) in [5, 5.41) is 0. The van der Waals surface area contributed by atoms with Crippen LogP contribution >= 0.6 is 11.8 Å². The first kappa shape index (κ1) is 20.9. The molecule has 0 aliphatic carbocycles. The van der Waals surface area contributed by atoms with Crippen LogP contribution in [0, 0.1) is 6.57 Å². The molecule has 3 aromatic rings. The number of hydrogen-bond donors (Lipinski definition) is 0. The highest BCUT2D eigenvalue weighted by Gasteiger charge is 2.42. The van der Waals surface area contributed by atoms with Crippen LogP contribution in [-0.2, 0) is 14.3 Å². The molecule has 1 atom stereocenters. The van der Waals surface area contributed by atoms with Gasteiger partial charge in [0.05, 0.1) is 17.6 Å². The van der Waals surface area contributed by atoms with Crippen molar-refractivity contribution in [1.29, 1.82) is 0 Å². The summed E-state index contributed by atoms with van der Waals surface area (Å²) in [5.74, 6) is 0.734. The zero-order chi connectivity index (χ0) is 20.5. The molecule has 29 heavy (non-hydrogen) atoms. The molecule has 0 bridgehead atoms. The van der Waals surface area contributed by atoms with E-state index in [-0.39, 0.29) is 13.4 Å². The van der Waals surface area contributed by atoms with Crippen molar-refractivity contribution < 1.29 is 14.2 Å². The molecule has 0 radical (unpaired) electrons. The van der Waals surface area contributed by atoms with E-state index >= 15 is 0 Å². The number of para-hydroxylation sites is 1. The highest BCUT2D eigenvalue weighted by Crippen LogP contribution is 2.46. The zero-order valence-electron chi connectivity index (χ0n) is 16.5. The maximum atomic E-state index is 8.02. The van der Waals surface area contributed by atoms with Crippen molar-refractivity contribution in [3.05, 3.63) is 95.8 Å². The van der Waals surface area contributed by atoms with Gasteiger partial charge in [0.1, 0.15) is 19.1 Å². The summed E-state index contributed by atoms with van der Waals surface area (Å²) < 4.78 is 16.2. The second-order valence-electron chi connectivity index (χ2n) is 6.35. The van der Waals surface area contributed by atoms with Crippen molar-refractivity contribution in [2.45, 2.75) is 9.77 Å². The molecule has 0 saturated heterocycles. The van der Waals surface area contributed by atoms with Gasteiger partial charge in [-0.05, 0) is 47.2 Å². The van der Waals surface area contributed by atoms with Gasteiger partial charge >= 0.3 is 4.87 Å². The maximum absolute atomic E-state index is 8.02. The smallest absolute Gasteiger partial charge is 0.330 e. The van der Waals surface area contributed by atoms with E-state index in [1.807, 2.05) is 66.7 Å². The summed E-state index contributed by atoms with van der Waals surface area (Å²) in [6.07, 6.45) is 0. The fourth-order valence-corrected chi connectivity index (χ4v) is 4.20. The molecule has 0 aromatic heterocycles. The van der Waals surface area contributed by atoms with Gasteiger partial charge in [-0.15, -0.1) is 0 Å². The lowest BCUT2D eigenvalue weighted by Crippen LogP contribution is -2.25. The molecule has 0 heterocycles. The molecule has 3 aromatic carbocycles. The molecule has 0 saturated carbocycles. The molecule has 0 fully saturated rings. The highest BCUT2D eigenvalue weighted by molar-refractivity contribution is 8.00. The first-order chi connectivity index (χ1) is 14.2. The van der Waals surface area contributed by atoms with E-state index in [2.05, 4.69) is 17.0 Å². The molecule has 148 valence electrons. The summed E-state index contributed by atoms with van der Waals surface area (Å²) >= 11 is 1.43. The lowest BCUT2D eigenvalue weighted by molar-refractivity contribution is -0.0355. The third kappa shape index (κ3) is 4.99. The van der Waals surface area contributed by atoms with Gasteiger partial charge < -0.3 is 14.2 Å². The summed E-state index contributed by atoms with van der Waals surface area (Å²) in [6, 6.07) is 26.0. The third-order valence-electron chi connectivity index (χ3n) is 4.47. The summed E-state index contributed by atoms with van der Waals surface area (Å²) in [4.78, 5) is 3.94. The van der Waals surface area contributed by atoms with Crippen LogP contribution in [0.3, 0.4) is 0 Å². The lowest BCUT2D eigenvalue weighted by atomic mass is 10.0. The first-order valence-corrected chi connectivity index (χ1v) is 9.97. The second kappa shape index (κ2) is 10.1. The minimum absolute atomic E-state index is 0.131. The second-order valence-corrected chi connectivity index (χ2v) is 7.67. The number of rotatable bonds is 9. The molecular formula is C24H23NO3S. The van der Waals surface area contributed by atoms with Crippen LogP contribution in [0.2, 0.25) is 0 Å². The third-order valence-corrected chi connectivity index (χ3v) is 5.81. The Balaban J connectivity index is 1.97. The quantitative estimate of drug-likeness (QED) is 0.194. The molecule has 4 nitrogen and oxygen atoms in total. The van der Waals surface area contributed by atoms with Crippen molar-refractivity contribution in [2.75, 3.05) is 27.6 Å². The lowest BCUT2D eigenvalue weighted by Gasteiger charge is -2.23.